The number of aromatic nitrogens is 3. The second kappa shape index (κ2) is 11.7. The maximum atomic E-state index is 13.4. The highest BCUT2D eigenvalue weighted by molar-refractivity contribution is 5.70. The summed E-state index contributed by atoms with van der Waals surface area (Å²) in [5.74, 6) is 0.627. The number of likely N-dealkylation sites (tertiary alicyclic amines) is 1. The number of nitrogens with one attached hydrogen (secondary N) is 1. The largest absolute Gasteiger partial charge is 0.416 e. The van der Waals surface area contributed by atoms with Gasteiger partial charge in [0.25, 0.3) is 0 Å². The Hall–Kier alpha value is -3.98. The Morgan fingerprint density at radius 1 is 1.02 bits per heavy atom. The summed E-state index contributed by atoms with van der Waals surface area (Å²) < 4.78 is 42.2. The summed E-state index contributed by atoms with van der Waals surface area (Å²) in [5, 5.41) is 6.00. The topological polar surface area (TPSA) is 58.3 Å². The van der Waals surface area contributed by atoms with E-state index >= 15 is 0 Å². The van der Waals surface area contributed by atoms with Gasteiger partial charge in [-0.1, -0.05) is 26.0 Å². The van der Waals surface area contributed by atoms with Crippen LogP contribution in [0.3, 0.4) is 0 Å². The molecule has 0 atom stereocenters. The number of fused-ring (bicyclic) bond motifs is 2. The second-order valence-electron chi connectivity index (χ2n) is 11.5. The standard InChI is InChI=1S/C33H35F3N6/c1-22(2)21-41-16-13-24(14-17-41)38-29-19-32-30(18-28(29)39-25-6-5-15-37-20-25)40-27-7-3-4-8-31(27)42(32)26-11-9-23(10-12-26)33(34,35)36/h5-12,15,18-20,22,24,39H,3-4,13-14,16-17,21H2,1-2H3. The maximum Gasteiger partial charge on any atom is 0.416 e. The normalized spacial score (nSPS) is 16.8. The van der Waals surface area contributed by atoms with Gasteiger partial charge in [-0.15, -0.1) is 0 Å². The number of anilines is 2. The molecule has 9 heteroatoms. The van der Waals surface area contributed by atoms with Crippen LogP contribution in [0, 0.1) is 5.92 Å². The van der Waals surface area contributed by atoms with Crippen LogP contribution in [0.2, 0.25) is 0 Å². The van der Waals surface area contributed by atoms with Crippen LogP contribution in [0.15, 0.2) is 65.9 Å². The lowest BCUT2D eigenvalue weighted by Crippen LogP contribution is -2.40. The van der Waals surface area contributed by atoms with E-state index in [1.54, 1.807) is 12.4 Å². The van der Waals surface area contributed by atoms with Gasteiger partial charge in [-0.3, -0.25) is 9.98 Å². The third kappa shape index (κ3) is 6.11. The van der Waals surface area contributed by atoms with Gasteiger partial charge >= 0.3 is 6.18 Å². The van der Waals surface area contributed by atoms with Crippen molar-refractivity contribution in [3.63, 3.8) is 0 Å². The van der Waals surface area contributed by atoms with E-state index in [0.29, 0.717) is 11.6 Å². The van der Waals surface area contributed by atoms with Gasteiger partial charge in [0.05, 0.1) is 56.6 Å². The quantitative estimate of drug-likeness (QED) is 0.331. The number of halogens is 3. The molecule has 2 aliphatic carbocycles. The Morgan fingerprint density at radius 2 is 1.79 bits per heavy atom. The molecular formula is C33H35F3N6. The van der Waals surface area contributed by atoms with Crippen LogP contribution in [0.1, 0.15) is 45.1 Å². The van der Waals surface area contributed by atoms with Gasteiger partial charge in [-0.05, 0) is 80.1 Å². The molecule has 0 saturated carbocycles. The number of pyridine rings is 1. The molecule has 218 valence electrons. The summed E-state index contributed by atoms with van der Waals surface area (Å²) in [7, 11) is 0. The number of hydrogen-bond donors (Lipinski definition) is 1. The monoisotopic (exact) mass is 572 g/mol. The van der Waals surface area contributed by atoms with E-state index in [4.69, 9.17) is 9.98 Å². The Morgan fingerprint density at radius 3 is 2.48 bits per heavy atom. The first kappa shape index (κ1) is 28.2. The van der Waals surface area contributed by atoms with Crippen molar-refractivity contribution in [2.45, 2.75) is 51.7 Å². The minimum absolute atomic E-state index is 0.172. The van der Waals surface area contributed by atoms with Crippen molar-refractivity contribution in [1.29, 1.82) is 0 Å². The van der Waals surface area contributed by atoms with Crippen molar-refractivity contribution < 1.29 is 13.2 Å². The van der Waals surface area contributed by atoms with E-state index in [-0.39, 0.29) is 6.04 Å². The Bertz CT molecular complexity index is 1700. The fourth-order valence-corrected chi connectivity index (χ4v) is 5.87. The van der Waals surface area contributed by atoms with Crippen LogP contribution in [0.4, 0.5) is 24.5 Å². The molecule has 1 aromatic heterocycles. The van der Waals surface area contributed by atoms with E-state index < -0.39 is 11.7 Å². The molecule has 0 radical (unpaired) electrons. The Balaban J connectivity index is 1.51. The predicted octanol–water partition coefficient (Wildman–Crippen LogP) is 5.51. The van der Waals surface area contributed by atoms with Gasteiger partial charge in [-0.2, -0.15) is 13.2 Å². The minimum Gasteiger partial charge on any atom is -0.352 e. The Labute approximate surface area is 243 Å². The SMILES string of the molecule is CC(C)CN1CCC(N=c2cc3n(-c4ccc(C(F)(F)F)cc4)c4c(nc-3cc2Nc2cccnc2)=CCCC=4)CC1. The van der Waals surface area contributed by atoms with Crippen LogP contribution in [0.5, 0.6) is 0 Å². The summed E-state index contributed by atoms with van der Waals surface area (Å²) in [6.45, 7) is 7.60. The first-order valence-corrected chi connectivity index (χ1v) is 14.6. The second-order valence-corrected chi connectivity index (χ2v) is 11.5. The number of alkyl halides is 3. The first-order valence-electron chi connectivity index (χ1n) is 14.6. The number of piperidine rings is 1. The zero-order valence-electron chi connectivity index (χ0n) is 23.9. The van der Waals surface area contributed by atoms with Crippen molar-refractivity contribution in [2.24, 2.45) is 10.9 Å². The van der Waals surface area contributed by atoms with Gasteiger partial charge < -0.3 is 14.8 Å². The molecule has 42 heavy (non-hydrogen) atoms. The van der Waals surface area contributed by atoms with Crippen molar-refractivity contribution in [1.82, 2.24) is 19.4 Å². The summed E-state index contributed by atoms with van der Waals surface area (Å²) in [6, 6.07) is 13.4. The summed E-state index contributed by atoms with van der Waals surface area (Å²) >= 11 is 0. The third-order valence-corrected chi connectivity index (χ3v) is 7.82. The van der Waals surface area contributed by atoms with Gasteiger partial charge in [0.2, 0.25) is 0 Å². The molecule has 2 aliphatic heterocycles. The molecule has 0 amide bonds. The molecule has 1 N–H and O–H groups in total. The molecule has 6 rings (SSSR count). The lowest BCUT2D eigenvalue weighted by atomic mass is 10.0. The van der Waals surface area contributed by atoms with Gasteiger partial charge in [0, 0.05) is 31.5 Å². The number of rotatable bonds is 6. The average molecular weight is 573 g/mol. The summed E-state index contributed by atoms with van der Waals surface area (Å²) in [4.78, 5) is 17.0. The summed E-state index contributed by atoms with van der Waals surface area (Å²) in [5.41, 5.74) is 3.18. The molecular weight excluding hydrogens is 537 g/mol. The van der Waals surface area contributed by atoms with Crippen molar-refractivity contribution >= 4 is 23.5 Å². The van der Waals surface area contributed by atoms with Crippen molar-refractivity contribution in [2.75, 3.05) is 25.0 Å². The zero-order valence-corrected chi connectivity index (χ0v) is 23.9. The van der Waals surface area contributed by atoms with E-state index in [1.165, 1.54) is 12.1 Å². The zero-order chi connectivity index (χ0) is 29.3. The van der Waals surface area contributed by atoms with Gasteiger partial charge in [0.15, 0.2) is 0 Å². The highest BCUT2D eigenvalue weighted by atomic mass is 19.4. The molecule has 0 bridgehead atoms. The maximum absolute atomic E-state index is 13.4. The first-order chi connectivity index (χ1) is 20.2. The summed E-state index contributed by atoms with van der Waals surface area (Å²) in [6.07, 6.45) is 6.96. The van der Waals surface area contributed by atoms with Crippen LogP contribution in [-0.4, -0.2) is 45.1 Å². The molecule has 1 saturated heterocycles. The molecule has 1 aromatic carbocycles. The number of hydrogen-bond acceptors (Lipinski definition) is 5. The highest BCUT2D eigenvalue weighted by Gasteiger charge is 2.30. The minimum atomic E-state index is -4.40. The van der Waals surface area contributed by atoms with Crippen molar-refractivity contribution in [3.05, 3.63) is 82.5 Å². The number of nitrogens with zero attached hydrogens (tertiary/aromatic N) is 5. The smallest absolute Gasteiger partial charge is 0.352 e. The van der Waals surface area contributed by atoms with E-state index in [1.807, 2.05) is 28.8 Å². The van der Waals surface area contributed by atoms with E-state index in [2.05, 4.69) is 41.2 Å². The van der Waals surface area contributed by atoms with Crippen LogP contribution < -0.4 is 21.4 Å². The van der Waals surface area contributed by atoms with E-state index in [9.17, 15) is 13.2 Å². The van der Waals surface area contributed by atoms with Crippen LogP contribution in [0.25, 0.3) is 29.2 Å². The lowest BCUT2D eigenvalue weighted by Gasteiger charge is -2.31. The Kier molecular flexibility index (Phi) is 7.86. The predicted molar refractivity (Wildman–Crippen MR) is 160 cm³/mol. The molecule has 3 heterocycles. The van der Waals surface area contributed by atoms with Crippen LogP contribution >= 0.6 is 0 Å². The molecule has 2 aromatic rings. The van der Waals surface area contributed by atoms with Gasteiger partial charge in [-0.25, -0.2) is 4.98 Å². The molecule has 4 aliphatic rings. The fourth-order valence-electron chi connectivity index (χ4n) is 5.87. The number of benzene rings is 2. The molecule has 0 spiro atoms. The molecule has 1 fully saturated rings. The molecule has 0 unspecified atom stereocenters. The molecule has 6 nitrogen and oxygen atoms in total. The van der Waals surface area contributed by atoms with E-state index in [0.717, 1.165) is 96.3 Å². The third-order valence-electron chi connectivity index (χ3n) is 7.82. The fraction of sp³-hybridized carbons (Fsp3) is 0.364. The van der Waals surface area contributed by atoms with Crippen LogP contribution in [-0.2, 0) is 6.18 Å². The lowest BCUT2D eigenvalue weighted by molar-refractivity contribution is -0.137. The van der Waals surface area contributed by atoms with Gasteiger partial charge in [0.1, 0.15) is 0 Å². The highest BCUT2D eigenvalue weighted by Crippen LogP contribution is 2.30. The van der Waals surface area contributed by atoms with Crippen molar-refractivity contribution in [3.8, 4) is 17.1 Å². The average Bonchev–Trinajstić information content (AvgIpc) is 2.97.